The van der Waals surface area contributed by atoms with Gasteiger partial charge in [-0.25, -0.2) is 36.8 Å². The van der Waals surface area contributed by atoms with E-state index in [0.29, 0.717) is 30.8 Å². The quantitative estimate of drug-likeness (QED) is 0.632. The number of sulfonamides is 1. The van der Waals surface area contributed by atoms with E-state index >= 15 is 0 Å². The summed E-state index contributed by atoms with van der Waals surface area (Å²) in [6, 6.07) is 4.11. The molecule has 1 aliphatic rings. The van der Waals surface area contributed by atoms with E-state index in [1.165, 1.54) is 23.7 Å². The van der Waals surface area contributed by atoms with Crippen LogP contribution < -0.4 is 4.90 Å². The molecule has 0 N–H and O–H groups in total. The maximum absolute atomic E-state index is 13.9. The molecule has 0 aliphatic carbocycles. The lowest BCUT2D eigenvalue weighted by molar-refractivity contribution is 0.381. The van der Waals surface area contributed by atoms with Crippen molar-refractivity contribution in [1.82, 2.24) is 29.0 Å². The molecule has 3 aromatic rings. The van der Waals surface area contributed by atoms with Crippen molar-refractivity contribution in [3.63, 3.8) is 0 Å². The molecule has 12 heteroatoms. The number of piperazine rings is 1. The molecular weight excluding hydrogens is 392 g/mol. The highest BCUT2D eigenvalue weighted by Crippen LogP contribution is 2.23. The van der Waals surface area contributed by atoms with Crippen molar-refractivity contribution in [2.75, 3.05) is 31.1 Å². The van der Waals surface area contributed by atoms with Gasteiger partial charge in [0.25, 0.3) is 0 Å². The average Bonchev–Trinajstić information content (AvgIpc) is 3.25. The zero-order valence-electron chi connectivity index (χ0n) is 14.5. The van der Waals surface area contributed by atoms with Gasteiger partial charge in [-0.1, -0.05) is 0 Å². The fraction of sp³-hybridized carbons (Fsp3) is 0.250. The molecule has 0 atom stereocenters. The minimum atomic E-state index is -4.13. The largest absolute Gasteiger partial charge is 0.354 e. The predicted octanol–water partition coefficient (Wildman–Crippen LogP) is 0.846. The molecule has 28 heavy (non-hydrogen) atoms. The Labute approximate surface area is 159 Å². The maximum atomic E-state index is 13.9. The monoisotopic (exact) mass is 407 g/mol. The molecule has 3 heterocycles. The van der Waals surface area contributed by atoms with E-state index in [1.54, 1.807) is 6.07 Å². The van der Waals surface area contributed by atoms with Gasteiger partial charge in [0.2, 0.25) is 10.0 Å². The highest BCUT2D eigenvalue weighted by molar-refractivity contribution is 7.89. The molecule has 1 aromatic carbocycles. The van der Waals surface area contributed by atoms with Crippen molar-refractivity contribution >= 4 is 15.8 Å². The summed E-state index contributed by atoms with van der Waals surface area (Å²) in [5.74, 6) is -0.647. The highest BCUT2D eigenvalue weighted by Gasteiger charge is 2.31. The number of anilines is 1. The first kappa shape index (κ1) is 18.4. The lowest BCUT2D eigenvalue weighted by Crippen LogP contribution is -2.49. The van der Waals surface area contributed by atoms with Gasteiger partial charge in [0.1, 0.15) is 41.3 Å². The van der Waals surface area contributed by atoms with Crippen molar-refractivity contribution < 1.29 is 17.2 Å². The SMILES string of the molecule is O=S(=O)(c1cc(F)ccc1F)N1CCN(c2cc(-n3cncn3)ncn2)CC1. The van der Waals surface area contributed by atoms with Crippen LogP contribution in [0.5, 0.6) is 0 Å². The second-order valence-corrected chi connectivity index (χ2v) is 7.95. The van der Waals surface area contributed by atoms with E-state index in [2.05, 4.69) is 20.1 Å². The Morgan fingerprint density at radius 3 is 2.39 bits per heavy atom. The van der Waals surface area contributed by atoms with Crippen LogP contribution in [-0.4, -0.2) is 63.6 Å². The van der Waals surface area contributed by atoms with E-state index < -0.39 is 26.6 Å². The number of hydrogen-bond acceptors (Lipinski definition) is 7. The number of benzene rings is 1. The fourth-order valence-electron chi connectivity index (χ4n) is 2.93. The van der Waals surface area contributed by atoms with Gasteiger partial charge in [-0.15, -0.1) is 0 Å². The fourth-order valence-corrected chi connectivity index (χ4v) is 4.43. The summed E-state index contributed by atoms with van der Waals surface area (Å²) in [7, 11) is -4.13. The summed E-state index contributed by atoms with van der Waals surface area (Å²) in [4.78, 5) is 13.4. The maximum Gasteiger partial charge on any atom is 0.246 e. The molecule has 1 fully saturated rings. The van der Waals surface area contributed by atoms with Gasteiger partial charge < -0.3 is 4.90 Å². The molecule has 0 radical (unpaired) electrons. The molecule has 9 nitrogen and oxygen atoms in total. The van der Waals surface area contributed by atoms with Crippen LogP contribution in [0, 0.1) is 11.6 Å². The number of aromatic nitrogens is 5. The summed E-state index contributed by atoms with van der Waals surface area (Å²) >= 11 is 0. The van der Waals surface area contributed by atoms with Crippen molar-refractivity contribution in [2.24, 2.45) is 0 Å². The average molecular weight is 407 g/mol. The van der Waals surface area contributed by atoms with Gasteiger partial charge >= 0.3 is 0 Å². The van der Waals surface area contributed by atoms with Crippen LogP contribution in [0.3, 0.4) is 0 Å². The summed E-state index contributed by atoms with van der Waals surface area (Å²) in [6.07, 6.45) is 4.28. The van der Waals surface area contributed by atoms with Crippen LogP contribution in [0.2, 0.25) is 0 Å². The Morgan fingerprint density at radius 1 is 0.929 bits per heavy atom. The molecule has 0 amide bonds. The zero-order valence-corrected chi connectivity index (χ0v) is 15.3. The molecule has 0 spiro atoms. The minimum absolute atomic E-state index is 0.112. The number of nitrogens with zero attached hydrogens (tertiary/aromatic N) is 7. The lowest BCUT2D eigenvalue weighted by Gasteiger charge is -2.34. The van der Waals surface area contributed by atoms with Crippen molar-refractivity contribution in [2.45, 2.75) is 4.90 Å². The first-order chi connectivity index (χ1) is 13.4. The second-order valence-electron chi connectivity index (χ2n) is 6.04. The summed E-state index contributed by atoms with van der Waals surface area (Å²) in [5, 5.41) is 4.01. The van der Waals surface area contributed by atoms with E-state index in [9.17, 15) is 17.2 Å². The standard InChI is InChI=1S/C16H15F2N7O2S/c17-12-1-2-13(18)14(7-12)28(26,27)24-5-3-23(4-6-24)15-8-16(21-10-20-15)25-11-19-9-22-25/h1-2,7-11H,3-6H2. The van der Waals surface area contributed by atoms with E-state index in [4.69, 9.17) is 0 Å². The van der Waals surface area contributed by atoms with Crippen LogP contribution in [0.1, 0.15) is 0 Å². The summed E-state index contributed by atoms with van der Waals surface area (Å²) in [5.41, 5.74) is 0. The van der Waals surface area contributed by atoms with E-state index in [1.807, 2.05) is 4.90 Å². The Morgan fingerprint density at radius 2 is 1.68 bits per heavy atom. The lowest BCUT2D eigenvalue weighted by atomic mass is 10.3. The molecule has 146 valence electrons. The Kier molecular flexibility index (Phi) is 4.73. The Bertz CT molecular complexity index is 1080. The third-order valence-electron chi connectivity index (χ3n) is 4.37. The molecule has 4 rings (SSSR count). The molecule has 1 aliphatic heterocycles. The molecule has 2 aromatic heterocycles. The Hall–Kier alpha value is -2.99. The predicted molar refractivity (Wildman–Crippen MR) is 94.3 cm³/mol. The minimum Gasteiger partial charge on any atom is -0.354 e. The summed E-state index contributed by atoms with van der Waals surface area (Å²) < 4.78 is 55.3. The van der Waals surface area contributed by atoms with Crippen LogP contribution in [0.4, 0.5) is 14.6 Å². The third-order valence-corrected chi connectivity index (χ3v) is 6.28. The smallest absolute Gasteiger partial charge is 0.246 e. The van der Waals surface area contributed by atoms with Crippen LogP contribution in [-0.2, 0) is 10.0 Å². The molecule has 0 bridgehead atoms. The number of halogens is 2. The topological polar surface area (TPSA) is 97.1 Å². The Balaban J connectivity index is 1.51. The van der Waals surface area contributed by atoms with Crippen LogP contribution in [0.25, 0.3) is 5.82 Å². The van der Waals surface area contributed by atoms with Gasteiger partial charge in [0, 0.05) is 32.2 Å². The molecule has 0 saturated carbocycles. The van der Waals surface area contributed by atoms with Crippen molar-refractivity contribution in [3.05, 3.63) is 54.9 Å². The summed E-state index contributed by atoms with van der Waals surface area (Å²) in [6.45, 7) is 0.899. The van der Waals surface area contributed by atoms with Gasteiger partial charge in [-0.3, -0.25) is 0 Å². The first-order valence-electron chi connectivity index (χ1n) is 8.32. The molecular formula is C16H15F2N7O2S. The van der Waals surface area contributed by atoms with Crippen molar-refractivity contribution in [3.8, 4) is 5.82 Å². The van der Waals surface area contributed by atoms with Crippen LogP contribution in [0.15, 0.2) is 48.1 Å². The highest BCUT2D eigenvalue weighted by atomic mass is 32.2. The molecule has 0 unspecified atom stereocenters. The molecule has 1 saturated heterocycles. The normalized spacial score (nSPS) is 15.7. The second kappa shape index (κ2) is 7.20. The van der Waals surface area contributed by atoms with Gasteiger partial charge in [0.15, 0.2) is 5.82 Å². The van der Waals surface area contributed by atoms with Crippen LogP contribution >= 0.6 is 0 Å². The number of hydrogen-bond donors (Lipinski definition) is 0. The zero-order chi connectivity index (χ0) is 19.7. The van der Waals surface area contributed by atoms with Crippen molar-refractivity contribution in [1.29, 1.82) is 0 Å². The van der Waals surface area contributed by atoms with Gasteiger partial charge in [-0.2, -0.15) is 9.40 Å². The van der Waals surface area contributed by atoms with Gasteiger partial charge in [-0.05, 0) is 18.2 Å². The number of rotatable bonds is 4. The van der Waals surface area contributed by atoms with Gasteiger partial charge in [0.05, 0.1) is 0 Å². The first-order valence-corrected chi connectivity index (χ1v) is 9.76. The van der Waals surface area contributed by atoms with E-state index in [0.717, 1.165) is 16.4 Å². The third kappa shape index (κ3) is 3.43. The van der Waals surface area contributed by atoms with E-state index in [-0.39, 0.29) is 13.1 Å².